The first-order valence-electron chi connectivity index (χ1n) is 11.5. The fraction of sp³-hybridized carbons (Fsp3) is 0.375. The van der Waals surface area contributed by atoms with E-state index in [4.69, 9.17) is 20.4 Å². The second-order valence-electron chi connectivity index (χ2n) is 8.56. The second kappa shape index (κ2) is 11.4. The highest BCUT2D eigenvalue weighted by atomic mass is 32.2. The first kappa shape index (κ1) is 25.5. The molecule has 3 heterocycles. The number of primary amides is 1. The van der Waals surface area contributed by atoms with Gasteiger partial charge in [-0.15, -0.1) is 11.8 Å². The van der Waals surface area contributed by atoms with Crippen molar-refractivity contribution in [1.82, 2.24) is 19.7 Å². The van der Waals surface area contributed by atoms with Gasteiger partial charge in [-0.2, -0.15) is 5.10 Å². The van der Waals surface area contributed by atoms with Gasteiger partial charge in [0.1, 0.15) is 5.82 Å². The van der Waals surface area contributed by atoms with E-state index in [9.17, 15) is 9.59 Å². The Morgan fingerprint density at radius 1 is 1.28 bits per heavy atom. The van der Waals surface area contributed by atoms with E-state index in [2.05, 4.69) is 22.2 Å². The molecule has 3 aromatic rings. The Kier molecular flexibility index (Phi) is 8.06. The molecule has 190 valence electrons. The van der Waals surface area contributed by atoms with Gasteiger partial charge in [0, 0.05) is 49.9 Å². The number of ether oxygens (including phenoxy) is 1. The number of aryl methyl sites for hydroxylation is 1. The molecule has 1 saturated heterocycles. The molecule has 11 nitrogen and oxygen atoms in total. The Bertz CT molecular complexity index is 1220. The van der Waals surface area contributed by atoms with Crippen LogP contribution in [0.1, 0.15) is 12.6 Å². The summed E-state index contributed by atoms with van der Waals surface area (Å²) in [4.78, 5) is 37.1. The van der Waals surface area contributed by atoms with Gasteiger partial charge in [0.05, 0.1) is 42.6 Å². The molecule has 0 spiro atoms. The molecule has 1 aromatic carbocycles. The molecule has 1 aliphatic heterocycles. The van der Waals surface area contributed by atoms with E-state index in [1.807, 2.05) is 30.3 Å². The Labute approximate surface area is 214 Å². The van der Waals surface area contributed by atoms with Gasteiger partial charge in [-0.3, -0.25) is 14.4 Å². The third-order valence-corrected chi connectivity index (χ3v) is 6.69. The number of rotatable bonds is 8. The third kappa shape index (κ3) is 6.32. The summed E-state index contributed by atoms with van der Waals surface area (Å²) in [5.41, 5.74) is 8.26. The van der Waals surface area contributed by atoms with Gasteiger partial charge in [0.15, 0.2) is 5.82 Å². The summed E-state index contributed by atoms with van der Waals surface area (Å²) in [7, 11) is 3.48. The maximum absolute atomic E-state index is 12.6. The zero-order valence-electron chi connectivity index (χ0n) is 20.5. The molecular formula is C24H30N8O3S. The van der Waals surface area contributed by atoms with Crippen molar-refractivity contribution in [2.75, 3.05) is 47.7 Å². The zero-order chi connectivity index (χ0) is 25.7. The highest BCUT2D eigenvalue weighted by molar-refractivity contribution is 7.99. The lowest BCUT2D eigenvalue weighted by molar-refractivity contribution is -0.115. The van der Waals surface area contributed by atoms with E-state index in [-0.39, 0.29) is 23.7 Å². The lowest BCUT2D eigenvalue weighted by Crippen LogP contribution is -2.44. The molecule has 0 aliphatic carbocycles. The lowest BCUT2D eigenvalue weighted by atomic mass is 10.2. The number of nitrogens with zero attached hydrogens (tertiary/aromatic N) is 6. The number of aromatic nitrogens is 4. The number of morpholine rings is 1. The monoisotopic (exact) mass is 510 g/mol. The predicted molar refractivity (Wildman–Crippen MR) is 141 cm³/mol. The maximum atomic E-state index is 12.6. The first-order valence-corrected chi connectivity index (χ1v) is 12.7. The van der Waals surface area contributed by atoms with Crippen molar-refractivity contribution >= 4 is 40.9 Å². The van der Waals surface area contributed by atoms with Crippen molar-refractivity contribution in [1.29, 1.82) is 0 Å². The third-order valence-electron chi connectivity index (χ3n) is 5.70. The Hall–Kier alpha value is -3.64. The summed E-state index contributed by atoms with van der Waals surface area (Å²) in [6, 6.07) is 9.26. The molecule has 1 fully saturated rings. The van der Waals surface area contributed by atoms with Crippen molar-refractivity contribution in [2.24, 2.45) is 12.8 Å². The Balaban J connectivity index is 1.53. The number of amides is 3. The summed E-state index contributed by atoms with van der Waals surface area (Å²) >= 11 is 1.42. The molecule has 0 bridgehead atoms. The number of nitrogens with two attached hydrogens (primary N) is 1. The zero-order valence-corrected chi connectivity index (χ0v) is 21.4. The summed E-state index contributed by atoms with van der Waals surface area (Å²) in [6.07, 6.45) is 3.39. The van der Waals surface area contributed by atoms with Gasteiger partial charge < -0.3 is 20.7 Å². The van der Waals surface area contributed by atoms with Gasteiger partial charge in [-0.1, -0.05) is 0 Å². The number of urea groups is 1. The molecule has 1 atom stereocenters. The first-order chi connectivity index (χ1) is 17.3. The summed E-state index contributed by atoms with van der Waals surface area (Å²) in [6.45, 7) is 4.10. The molecule has 4 rings (SSSR count). The van der Waals surface area contributed by atoms with E-state index < -0.39 is 0 Å². The number of hydrogen-bond donors (Lipinski definition) is 2. The molecule has 12 heteroatoms. The van der Waals surface area contributed by atoms with Crippen molar-refractivity contribution in [2.45, 2.75) is 18.7 Å². The van der Waals surface area contributed by atoms with Crippen LogP contribution in [0.4, 0.5) is 22.0 Å². The van der Waals surface area contributed by atoms with Crippen molar-refractivity contribution < 1.29 is 14.3 Å². The molecule has 3 N–H and O–H groups in total. The van der Waals surface area contributed by atoms with Gasteiger partial charge in [0.2, 0.25) is 5.91 Å². The highest BCUT2D eigenvalue weighted by Crippen LogP contribution is 2.26. The smallest absolute Gasteiger partial charge is 0.326 e. The average molecular weight is 511 g/mol. The molecule has 0 unspecified atom stereocenters. The fourth-order valence-corrected chi connectivity index (χ4v) is 4.43. The summed E-state index contributed by atoms with van der Waals surface area (Å²) < 4.78 is 7.22. The van der Waals surface area contributed by atoms with Gasteiger partial charge in [-0.25, -0.2) is 14.8 Å². The fourth-order valence-electron chi connectivity index (χ4n) is 3.77. The number of carbonyl (C=O) groups excluding carboxylic acids is 2. The second-order valence-corrected chi connectivity index (χ2v) is 9.54. The molecule has 3 amide bonds. The topological polar surface area (TPSA) is 132 Å². The van der Waals surface area contributed by atoms with E-state index in [1.54, 1.807) is 31.2 Å². The number of nitrogens with one attached hydrogen (secondary N) is 1. The van der Waals surface area contributed by atoms with Gasteiger partial charge in [-0.05, 0) is 31.2 Å². The number of hydrogen-bond acceptors (Lipinski definition) is 8. The van der Waals surface area contributed by atoms with E-state index >= 15 is 0 Å². The molecule has 36 heavy (non-hydrogen) atoms. The van der Waals surface area contributed by atoms with Crippen LogP contribution in [-0.4, -0.2) is 70.3 Å². The van der Waals surface area contributed by atoms with Crippen LogP contribution >= 0.6 is 11.8 Å². The maximum Gasteiger partial charge on any atom is 0.326 e. The molecule has 2 aromatic heterocycles. The van der Waals surface area contributed by atoms with Crippen LogP contribution in [0.25, 0.3) is 11.4 Å². The van der Waals surface area contributed by atoms with E-state index in [0.29, 0.717) is 36.2 Å². The van der Waals surface area contributed by atoms with Gasteiger partial charge >= 0.3 is 6.03 Å². The van der Waals surface area contributed by atoms with E-state index in [1.165, 1.54) is 16.7 Å². The summed E-state index contributed by atoms with van der Waals surface area (Å²) in [5, 5.41) is 6.99. The average Bonchev–Trinajstić information content (AvgIpc) is 3.30. The largest absolute Gasteiger partial charge is 0.377 e. The highest BCUT2D eigenvalue weighted by Gasteiger charge is 2.22. The number of anilines is 3. The normalized spacial score (nSPS) is 15.5. The quantitative estimate of drug-likeness (QED) is 0.473. The van der Waals surface area contributed by atoms with Crippen LogP contribution < -0.4 is 20.9 Å². The number of benzene rings is 1. The number of thioether (sulfide) groups is 1. The van der Waals surface area contributed by atoms with Crippen molar-refractivity contribution in [3.8, 4) is 11.4 Å². The standard InChI is InChI=1S/C24H30N8O3S/c1-16-13-35-9-8-32(16)22-10-19(14-36-15-21(25)33)27-23(29-22)17-4-6-18(7-5-17)28-24(34)31(3)20-11-26-30(2)12-20/h4-7,10-12,16H,8-9,13-15H2,1-3H3,(H2,25,33)(H,28,34)/t16-/m0/s1. The summed E-state index contributed by atoms with van der Waals surface area (Å²) in [5.74, 6) is 1.80. The minimum absolute atomic E-state index is 0.182. The lowest BCUT2D eigenvalue weighted by Gasteiger charge is -2.34. The Morgan fingerprint density at radius 2 is 2.06 bits per heavy atom. The van der Waals surface area contributed by atoms with Crippen molar-refractivity contribution in [3.05, 3.63) is 48.4 Å². The predicted octanol–water partition coefficient (Wildman–Crippen LogP) is 2.49. The minimum Gasteiger partial charge on any atom is -0.377 e. The van der Waals surface area contributed by atoms with E-state index in [0.717, 1.165) is 23.6 Å². The molecule has 0 radical (unpaired) electrons. The van der Waals surface area contributed by atoms with Crippen LogP contribution in [-0.2, 0) is 22.3 Å². The SMILES string of the molecule is C[C@H]1COCCN1c1cc(CSCC(N)=O)nc(-c2ccc(NC(=O)N(C)c3cnn(C)c3)cc2)n1. The molecular weight excluding hydrogens is 480 g/mol. The van der Waals surface area contributed by atoms with Crippen LogP contribution in [0, 0.1) is 0 Å². The minimum atomic E-state index is -0.358. The molecule has 1 aliphatic rings. The van der Waals surface area contributed by atoms with Crippen LogP contribution in [0.2, 0.25) is 0 Å². The van der Waals surface area contributed by atoms with Crippen molar-refractivity contribution in [3.63, 3.8) is 0 Å². The molecule has 0 saturated carbocycles. The van der Waals surface area contributed by atoms with Crippen LogP contribution in [0.3, 0.4) is 0 Å². The number of carbonyl (C=O) groups is 2. The van der Waals surface area contributed by atoms with Crippen LogP contribution in [0.15, 0.2) is 42.7 Å². The van der Waals surface area contributed by atoms with Gasteiger partial charge in [0.25, 0.3) is 0 Å². The van der Waals surface area contributed by atoms with Crippen LogP contribution in [0.5, 0.6) is 0 Å². The Morgan fingerprint density at radius 3 is 2.72 bits per heavy atom.